The van der Waals surface area contributed by atoms with E-state index < -0.39 is 95.9 Å². The van der Waals surface area contributed by atoms with E-state index in [2.05, 4.69) is 31.2 Å². The molecule has 4 aromatic rings. The van der Waals surface area contributed by atoms with Gasteiger partial charge in [0.2, 0.25) is 35.4 Å². The number of aliphatic hydroxyl groups is 2. The lowest BCUT2D eigenvalue weighted by Crippen LogP contribution is -2.58. The fourth-order valence-corrected chi connectivity index (χ4v) is 10.0. The highest BCUT2D eigenvalue weighted by molar-refractivity contribution is 7.13. The molecule has 0 radical (unpaired) electrons. The smallest absolute Gasteiger partial charge is 0.246 e. The number of nitrogens with one attached hydrogen (secondary N) is 4. The lowest BCUT2D eigenvalue weighted by atomic mass is 9.85. The molecular formula is C50H66N8O10S2. The van der Waals surface area contributed by atoms with Gasteiger partial charge in [-0.05, 0) is 46.9 Å². The molecule has 0 aliphatic carbocycles. The molecule has 2 fully saturated rings. The van der Waals surface area contributed by atoms with Crippen molar-refractivity contribution >= 4 is 58.1 Å². The zero-order valence-electron chi connectivity index (χ0n) is 41.1. The average molecular weight is 1000 g/mol. The van der Waals surface area contributed by atoms with Crippen molar-refractivity contribution in [3.05, 3.63) is 82.1 Å². The van der Waals surface area contributed by atoms with E-state index in [0.717, 1.165) is 43.4 Å². The van der Waals surface area contributed by atoms with Crippen molar-refractivity contribution in [3.8, 4) is 20.9 Å². The molecule has 0 bridgehead atoms. The average Bonchev–Trinajstić information content (AvgIpc) is 4.13. The summed E-state index contributed by atoms with van der Waals surface area (Å²) < 4.78 is 11.0. The number of benzene rings is 2. The predicted molar refractivity (Wildman–Crippen MR) is 265 cm³/mol. The number of amides is 6. The number of hydrogen-bond acceptors (Lipinski definition) is 14. The van der Waals surface area contributed by atoms with Crippen molar-refractivity contribution in [2.24, 2.45) is 10.8 Å². The lowest BCUT2D eigenvalue weighted by molar-refractivity contribution is -0.145. The number of ether oxygens (including phenoxy) is 2. The highest BCUT2D eigenvalue weighted by Crippen LogP contribution is 2.31. The SMILES string of the molecule is Cc1ncsc1-c1ccc(CNC(=O)[C@@H]2C[C@H](O)CN2C(=O)[C@@H](NC(=O)COCCOCC(=O)N[C@H](C(=O)N2C[C@@H](O)C[C@H]2C(=O)NCc2ccc(-c3scnc3C)cc2)C(C)(C)C)C(C)(C)C)cc1. The highest BCUT2D eigenvalue weighted by Gasteiger charge is 2.46. The van der Waals surface area contributed by atoms with Crippen molar-refractivity contribution in [2.45, 2.75) is 118 Å². The molecule has 0 saturated carbocycles. The summed E-state index contributed by atoms with van der Waals surface area (Å²) >= 11 is 3.11. The van der Waals surface area contributed by atoms with Crippen LogP contribution in [0, 0.1) is 24.7 Å². The fourth-order valence-electron chi connectivity index (χ4n) is 8.41. The van der Waals surface area contributed by atoms with Crippen molar-refractivity contribution in [3.63, 3.8) is 0 Å². The number of aliphatic hydroxyl groups excluding tert-OH is 2. The van der Waals surface area contributed by atoms with Crippen LogP contribution >= 0.6 is 22.7 Å². The van der Waals surface area contributed by atoms with E-state index in [9.17, 15) is 39.0 Å². The predicted octanol–water partition coefficient (Wildman–Crippen LogP) is 3.50. The third-order valence-electron chi connectivity index (χ3n) is 12.3. The molecule has 70 heavy (non-hydrogen) atoms. The van der Waals surface area contributed by atoms with Crippen LogP contribution in [0.5, 0.6) is 0 Å². The minimum absolute atomic E-state index is 0.0498. The highest BCUT2D eigenvalue weighted by atomic mass is 32.1. The first kappa shape index (κ1) is 53.7. The van der Waals surface area contributed by atoms with E-state index in [1.54, 1.807) is 75.2 Å². The topological polar surface area (TPSA) is 242 Å². The number of rotatable bonds is 19. The number of aryl methyl sites for hydroxylation is 2. The Kier molecular flexibility index (Phi) is 18.0. The van der Waals surface area contributed by atoms with Crippen LogP contribution in [0.25, 0.3) is 20.9 Å². The molecule has 2 saturated heterocycles. The Balaban J connectivity index is 0.929. The van der Waals surface area contributed by atoms with E-state index in [-0.39, 0.29) is 52.2 Å². The van der Waals surface area contributed by atoms with Gasteiger partial charge in [-0.25, -0.2) is 9.97 Å². The Morgan fingerprint density at radius 3 is 1.30 bits per heavy atom. The van der Waals surface area contributed by atoms with Gasteiger partial charge in [-0.1, -0.05) is 90.1 Å². The zero-order valence-corrected chi connectivity index (χ0v) is 42.7. The van der Waals surface area contributed by atoms with Gasteiger partial charge in [-0.2, -0.15) is 0 Å². The summed E-state index contributed by atoms with van der Waals surface area (Å²) in [4.78, 5) is 94.6. The Labute approximate surface area is 416 Å². The van der Waals surface area contributed by atoms with Gasteiger partial charge in [0.1, 0.15) is 37.4 Å². The molecule has 6 N–H and O–H groups in total. The van der Waals surface area contributed by atoms with E-state index in [4.69, 9.17) is 9.47 Å². The van der Waals surface area contributed by atoms with Crippen LogP contribution in [0.1, 0.15) is 76.9 Å². The molecule has 0 spiro atoms. The Hall–Kier alpha value is -5.64. The third kappa shape index (κ3) is 14.0. The number of β-amino-alcohol motifs (C(OH)–C–C–N with tert-alkyl or cyclic N) is 2. The largest absolute Gasteiger partial charge is 0.391 e. The van der Waals surface area contributed by atoms with Crippen LogP contribution in [0.2, 0.25) is 0 Å². The van der Waals surface area contributed by atoms with Crippen molar-refractivity contribution in [1.29, 1.82) is 0 Å². The van der Waals surface area contributed by atoms with Crippen LogP contribution in [-0.4, -0.2) is 141 Å². The Bertz CT molecular complexity index is 2290. The van der Waals surface area contributed by atoms with Crippen molar-refractivity contribution < 1.29 is 48.5 Å². The van der Waals surface area contributed by atoms with Gasteiger partial charge in [0.05, 0.1) is 57.6 Å². The summed E-state index contributed by atoms with van der Waals surface area (Å²) in [5, 5.41) is 32.4. The van der Waals surface area contributed by atoms with Crippen LogP contribution < -0.4 is 21.3 Å². The summed E-state index contributed by atoms with van der Waals surface area (Å²) in [6.07, 6.45) is -1.75. The molecule has 0 unspecified atom stereocenters. The summed E-state index contributed by atoms with van der Waals surface area (Å²) in [6, 6.07) is 11.5. The number of carbonyl (C=O) groups excluding carboxylic acids is 6. The van der Waals surface area contributed by atoms with Crippen molar-refractivity contribution in [2.75, 3.05) is 39.5 Å². The van der Waals surface area contributed by atoms with Gasteiger partial charge >= 0.3 is 0 Å². The summed E-state index contributed by atoms with van der Waals surface area (Å²) in [7, 11) is 0. The standard InChI is InChI=1S/C50H66N8O10S2/c1-29-41(69-27-53-29)33-13-9-31(10-14-33)21-51-45(63)37-19-35(59)23-57(37)47(65)43(49(3,4)5)55-39(61)25-67-17-18-68-26-40(62)56-44(50(6,7)8)48(66)58-24-36(60)20-38(58)46(64)52-22-32-11-15-34(16-12-32)42-30(2)54-28-70-42/h9-16,27-28,35-38,43-44,59-60H,17-26H2,1-8H3,(H,51,63)(H,52,64)(H,55,61)(H,56,62)/t35-,36-,37-,38-,43+,44+/m0/s1. The molecular weight excluding hydrogens is 937 g/mol. The summed E-state index contributed by atoms with van der Waals surface area (Å²) in [5.41, 5.74) is 7.70. The molecule has 378 valence electrons. The first-order chi connectivity index (χ1) is 33.1. The first-order valence-electron chi connectivity index (χ1n) is 23.4. The molecule has 20 heteroatoms. The Morgan fingerprint density at radius 1 is 0.629 bits per heavy atom. The monoisotopic (exact) mass is 1000 g/mol. The van der Waals surface area contributed by atoms with Crippen LogP contribution in [0.4, 0.5) is 0 Å². The molecule has 2 aromatic carbocycles. The van der Waals surface area contributed by atoms with Gasteiger partial charge in [0, 0.05) is 39.0 Å². The fraction of sp³-hybridized carbons (Fsp3) is 0.520. The minimum atomic E-state index is -1.05. The van der Waals surface area contributed by atoms with Crippen LogP contribution in [0.3, 0.4) is 0 Å². The number of hydrogen-bond donors (Lipinski definition) is 6. The normalized spacial score (nSPS) is 19.1. The maximum Gasteiger partial charge on any atom is 0.246 e. The lowest BCUT2D eigenvalue weighted by Gasteiger charge is -2.35. The van der Waals surface area contributed by atoms with E-state index in [0.29, 0.717) is 0 Å². The summed E-state index contributed by atoms with van der Waals surface area (Å²) in [5.74, 6) is -3.04. The molecule has 2 aliphatic rings. The van der Waals surface area contributed by atoms with Gasteiger partial charge < -0.3 is 50.8 Å². The number of thiazole rings is 2. The molecule has 2 aliphatic heterocycles. The second-order valence-corrected chi connectivity index (χ2v) is 21.7. The van der Waals surface area contributed by atoms with E-state index >= 15 is 0 Å². The van der Waals surface area contributed by atoms with Gasteiger partial charge in [-0.15, -0.1) is 22.7 Å². The molecule has 6 rings (SSSR count). The molecule has 6 atom stereocenters. The molecule has 4 heterocycles. The van der Waals surface area contributed by atoms with Gasteiger partial charge in [-0.3, -0.25) is 28.8 Å². The quantitative estimate of drug-likeness (QED) is 0.0741. The molecule has 6 amide bonds. The van der Waals surface area contributed by atoms with Crippen LogP contribution in [0.15, 0.2) is 59.6 Å². The maximum atomic E-state index is 14.0. The number of carbonyl (C=O) groups is 6. The second kappa shape index (κ2) is 23.5. The minimum Gasteiger partial charge on any atom is -0.391 e. The van der Waals surface area contributed by atoms with Crippen LogP contribution in [-0.2, 0) is 51.3 Å². The number of aromatic nitrogens is 2. The van der Waals surface area contributed by atoms with Gasteiger partial charge in [0.15, 0.2) is 0 Å². The molecule has 2 aromatic heterocycles. The third-order valence-corrected chi connectivity index (χ3v) is 14.2. The maximum absolute atomic E-state index is 14.0. The van der Waals surface area contributed by atoms with Gasteiger partial charge in [0.25, 0.3) is 0 Å². The first-order valence-corrected chi connectivity index (χ1v) is 25.1. The van der Waals surface area contributed by atoms with E-state index in [1.165, 1.54) is 9.80 Å². The summed E-state index contributed by atoms with van der Waals surface area (Å²) in [6.45, 7) is 13.9. The van der Waals surface area contributed by atoms with Crippen molar-refractivity contribution in [1.82, 2.24) is 41.0 Å². The second-order valence-electron chi connectivity index (χ2n) is 20.0. The van der Waals surface area contributed by atoms with E-state index in [1.807, 2.05) is 62.4 Å². The number of likely N-dealkylation sites (tertiary alicyclic amines) is 2. The molecule has 18 nitrogen and oxygen atoms in total. The Morgan fingerprint density at radius 2 is 0.986 bits per heavy atom. The number of nitrogens with zero attached hydrogens (tertiary/aromatic N) is 4. The zero-order chi connectivity index (χ0) is 50.9.